The molecule has 3 heteroatoms. The molecule has 1 aromatic carbocycles. The van der Waals surface area contributed by atoms with E-state index in [1.807, 2.05) is 0 Å². The van der Waals surface area contributed by atoms with Gasteiger partial charge in [0.25, 0.3) is 0 Å². The van der Waals surface area contributed by atoms with Crippen LogP contribution in [0.1, 0.15) is 22.8 Å². The molecule has 0 saturated carbocycles. The third-order valence-electron chi connectivity index (χ3n) is 3.16. The lowest BCUT2D eigenvalue weighted by Gasteiger charge is -2.28. The van der Waals surface area contributed by atoms with Gasteiger partial charge in [-0.1, -0.05) is 29.3 Å². The Morgan fingerprint density at radius 2 is 1.76 bits per heavy atom. The van der Waals surface area contributed by atoms with Crippen LogP contribution in [0.4, 0.5) is 0 Å². The van der Waals surface area contributed by atoms with Gasteiger partial charge in [0.1, 0.15) is 0 Å². The zero-order valence-electron chi connectivity index (χ0n) is 10.6. The summed E-state index contributed by atoms with van der Waals surface area (Å²) in [5.41, 5.74) is 3.44. The molecule has 3 nitrogen and oxygen atoms in total. The lowest BCUT2D eigenvalue weighted by atomic mass is 10.0. The van der Waals surface area contributed by atoms with Crippen molar-refractivity contribution in [1.82, 2.24) is 4.90 Å². The fourth-order valence-corrected chi connectivity index (χ4v) is 2.34. The summed E-state index contributed by atoms with van der Waals surface area (Å²) in [6.07, 6.45) is -0.397. The van der Waals surface area contributed by atoms with Crippen molar-refractivity contribution in [3.8, 4) is 0 Å². The number of aliphatic hydroxyl groups is 1. The van der Waals surface area contributed by atoms with E-state index >= 15 is 0 Å². The molecule has 2 rings (SSSR count). The molecular formula is C14H21NO2. The molecule has 1 N–H and O–H groups in total. The summed E-state index contributed by atoms with van der Waals surface area (Å²) in [6, 6.07) is 6.27. The average molecular weight is 235 g/mol. The molecule has 0 radical (unpaired) electrons. The van der Waals surface area contributed by atoms with E-state index < -0.39 is 6.10 Å². The maximum absolute atomic E-state index is 10.2. The number of hydrogen-bond donors (Lipinski definition) is 1. The Bertz CT molecular complexity index is 352. The van der Waals surface area contributed by atoms with E-state index in [1.165, 1.54) is 11.1 Å². The molecule has 1 fully saturated rings. The number of aliphatic hydroxyl groups excluding tert-OH is 1. The molecule has 1 atom stereocenters. The van der Waals surface area contributed by atoms with E-state index in [4.69, 9.17) is 4.74 Å². The highest BCUT2D eigenvalue weighted by molar-refractivity contribution is 5.30. The zero-order chi connectivity index (χ0) is 12.3. The third kappa shape index (κ3) is 3.53. The maximum Gasteiger partial charge on any atom is 0.0917 e. The minimum Gasteiger partial charge on any atom is -0.387 e. The number of aryl methyl sites for hydroxylation is 2. The molecule has 1 unspecified atom stereocenters. The number of morpholine rings is 1. The highest BCUT2D eigenvalue weighted by Crippen LogP contribution is 2.18. The van der Waals surface area contributed by atoms with E-state index in [1.54, 1.807) is 0 Å². The van der Waals surface area contributed by atoms with Crippen molar-refractivity contribution < 1.29 is 9.84 Å². The lowest BCUT2D eigenvalue weighted by molar-refractivity contribution is 0.0143. The number of hydrogen-bond acceptors (Lipinski definition) is 3. The topological polar surface area (TPSA) is 32.7 Å². The van der Waals surface area contributed by atoms with Crippen LogP contribution in [0.5, 0.6) is 0 Å². The van der Waals surface area contributed by atoms with Gasteiger partial charge in [0.15, 0.2) is 0 Å². The minimum absolute atomic E-state index is 0.397. The largest absolute Gasteiger partial charge is 0.387 e. The first kappa shape index (κ1) is 12.6. The molecule has 1 aliphatic rings. The summed E-state index contributed by atoms with van der Waals surface area (Å²) in [5.74, 6) is 0. The van der Waals surface area contributed by atoms with Crippen LogP contribution < -0.4 is 0 Å². The fraction of sp³-hybridized carbons (Fsp3) is 0.571. The van der Waals surface area contributed by atoms with E-state index in [9.17, 15) is 5.11 Å². The van der Waals surface area contributed by atoms with Crippen molar-refractivity contribution in [1.29, 1.82) is 0 Å². The van der Waals surface area contributed by atoms with Crippen LogP contribution in [0.3, 0.4) is 0 Å². The molecule has 1 saturated heterocycles. The smallest absolute Gasteiger partial charge is 0.0917 e. The summed E-state index contributed by atoms with van der Waals surface area (Å²) in [4.78, 5) is 2.26. The van der Waals surface area contributed by atoms with Crippen LogP contribution in [0, 0.1) is 13.8 Å². The molecule has 0 bridgehead atoms. The van der Waals surface area contributed by atoms with Crippen LogP contribution in [-0.4, -0.2) is 42.9 Å². The van der Waals surface area contributed by atoms with Crippen LogP contribution in [0.2, 0.25) is 0 Å². The van der Waals surface area contributed by atoms with Gasteiger partial charge in [0.2, 0.25) is 0 Å². The molecule has 1 aliphatic heterocycles. The van der Waals surface area contributed by atoms with E-state index in [0.29, 0.717) is 6.54 Å². The highest BCUT2D eigenvalue weighted by atomic mass is 16.5. The predicted octanol–water partition coefficient (Wildman–Crippen LogP) is 1.67. The van der Waals surface area contributed by atoms with E-state index in [-0.39, 0.29) is 0 Å². The van der Waals surface area contributed by atoms with Crippen molar-refractivity contribution in [3.05, 3.63) is 34.9 Å². The summed E-state index contributed by atoms with van der Waals surface area (Å²) >= 11 is 0. The van der Waals surface area contributed by atoms with Crippen molar-refractivity contribution in [3.63, 3.8) is 0 Å². The first-order chi connectivity index (χ1) is 8.15. The van der Waals surface area contributed by atoms with Gasteiger partial charge in [-0.25, -0.2) is 0 Å². The number of β-amino-alcohol motifs (C(OH)–C–C–N with tert-alkyl or cyclic N) is 1. The van der Waals surface area contributed by atoms with Crippen LogP contribution in [0.15, 0.2) is 18.2 Å². The van der Waals surface area contributed by atoms with Crippen molar-refractivity contribution in [2.45, 2.75) is 20.0 Å². The summed E-state index contributed by atoms with van der Waals surface area (Å²) in [7, 11) is 0. The van der Waals surface area contributed by atoms with Crippen LogP contribution in [0.25, 0.3) is 0 Å². The second kappa shape index (κ2) is 5.63. The molecular weight excluding hydrogens is 214 g/mol. The molecule has 94 valence electrons. The van der Waals surface area contributed by atoms with Gasteiger partial charge >= 0.3 is 0 Å². The summed E-state index contributed by atoms with van der Waals surface area (Å²) in [5, 5.41) is 10.2. The number of nitrogens with zero attached hydrogens (tertiary/aromatic N) is 1. The number of rotatable bonds is 3. The third-order valence-corrected chi connectivity index (χ3v) is 3.16. The Hall–Kier alpha value is -0.900. The standard InChI is InChI=1S/C14H21NO2/c1-11-7-12(2)9-13(8-11)14(16)10-15-3-5-17-6-4-15/h7-9,14,16H,3-6,10H2,1-2H3. The van der Waals surface area contributed by atoms with Crippen LogP contribution in [-0.2, 0) is 4.74 Å². The summed E-state index contributed by atoms with van der Waals surface area (Å²) in [6.45, 7) is 8.23. The Kier molecular flexibility index (Phi) is 4.15. The highest BCUT2D eigenvalue weighted by Gasteiger charge is 2.16. The summed E-state index contributed by atoms with van der Waals surface area (Å²) < 4.78 is 5.30. The minimum atomic E-state index is -0.397. The number of ether oxygens (including phenoxy) is 1. The SMILES string of the molecule is Cc1cc(C)cc(C(O)CN2CCOCC2)c1. The van der Waals surface area contributed by atoms with Gasteiger partial charge in [0, 0.05) is 19.6 Å². The molecule has 0 spiro atoms. The van der Waals surface area contributed by atoms with E-state index in [2.05, 4.69) is 36.9 Å². The fourth-order valence-electron chi connectivity index (χ4n) is 2.34. The average Bonchev–Trinajstić information content (AvgIpc) is 2.29. The first-order valence-corrected chi connectivity index (χ1v) is 6.21. The van der Waals surface area contributed by atoms with Gasteiger partial charge in [-0.3, -0.25) is 4.90 Å². The van der Waals surface area contributed by atoms with Crippen LogP contribution >= 0.6 is 0 Å². The second-order valence-corrected chi connectivity index (χ2v) is 4.85. The Balaban J connectivity index is 2.00. The zero-order valence-corrected chi connectivity index (χ0v) is 10.6. The van der Waals surface area contributed by atoms with Gasteiger partial charge in [-0.2, -0.15) is 0 Å². The van der Waals surface area contributed by atoms with E-state index in [0.717, 1.165) is 31.9 Å². The monoisotopic (exact) mass is 235 g/mol. The second-order valence-electron chi connectivity index (χ2n) is 4.85. The van der Waals surface area contributed by atoms with Gasteiger partial charge < -0.3 is 9.84 Å². The van der Waals surface area contributed by atoms with Gasteiger partial charge in [-0.15, -0.1) is 0 Å². The van der Waals surface area contributed by atoms with Gasteiger partial charge in [0.05, 0.1) is 19.3 Å². The normalized spacial score (nSPS) is 19.2. The molecule has 1 heterocycles. The quantitative estimate of drug-likeness (QED) is 0.865. The first-order valence-electron chi connectivity index (χ1n) is 6.21. The predicted molar refractivity (Wildman–Crippen MR) is 68.1 cm³/mol. The van der Waals surface area contributed by atoms with Gasteiger partial charge in [-0.05, 0) is 19.4 Å². The molecule has 1 aromatic rings. The lowest BCUT2D eigenvalue weighted by Crippen LogP contribution is -2.38. The number of benzene rings is 1. The molecule has 0 aliphatic carbocycles. The molecule has 0 aromatic heterocycles. The Morgan fingerprint density at radius 3 is 2.35 bits per heavy atom. The maximum atomic E-state index is 10.2. The van der Waals surface area contributed by atoms with Crippen molar-refractivity contribution in [2.24, 2.45) is 0 Å². The van der Waals surface area contributed by atoms with Crippen molar-refractivity contribution in [2.75, 3.05) is 32.8 Å². The molecule has 17 heavy (non-hydrogen) atoms. The molecule has 0 amide bonds. The van der Waals surface area contributed by atoms with Crippen molar-refractivity contribution >= 4 is 0 Å². The Morgan fingerprint density at radius 1 is 1.18 bits per heavy atom. The Labute approximate surface area is 103 Å².